The molecule has 0 spiro atoms. The molecule has 0 unspecified atom stereocenters. The summed E-state index contributed by atoms with van der Waals surface area (Å²) in [5, 5.41) is 0. The van der Waals surface area contributed by atoms with E-state index in [0.29, 0.717) is 31.4 Å². The first-order chi connectivity index (χ1) is 9.13. The molecular weight excluding hydrogens is 242 g/mol. The van der Waals surface area contributed by atoms with Crippen molar-refractivity contribution in [2.45, 2.75) is 32.6 Å². The molecule has 0 aliphatic carbocycles. The monoisotopic (exact) mass is 259 g/mol. The Bertz CT molecular complexity index is 522. The van der Waals surface area contributed by atoms with Crippen LogP contribution in [0.3, 0.4) is 0 Å². The number of hydrogen-bond acceptors (Lipinski definition) is 3. The number of amides is 2. The Hall–Kier alpha value is -1.97. The van der Waals surface area contributed by atoms with E-state index in [-0.39, 0.29) is 24.0 Å². The molecule has 0 saturated heterocycles. The van der Waals surface area contributed by atoms with Crippen molar-refractivity contribution in [3.05, 3.63) is 35.4 Å². The Morgan fingerprint density at radius 1 is 1.26 bits per heavy atom. The molecule has 0 bridgehead atoms. The number of imide groups is 1. The van der Waals surface area contributed by atoms with Crippen molar-refractivity contribution < 1.29 is 14.4 Å². The van der Waals surface area contributed by atoms with Gasteiger partial charge in [0.25, 0.3) is 5.91 Å². The molecule has 1 aliphatic rings. The topological polar surface area (TPSA) is 54.5 Å². The predicted octanol–water partition coefficient (Wildman–Crippen LogP) is 1.97. The minimum absolute atomic E-state index is 0.164. The van der Waals surface area contributed by atoms with Gasteiger partial charge in [0, 0.05) is 24.9 Å². The zero-order chi connectivity index (χ0) is 13.8. The Labute approximate surface area is 112 Å². The summed E-state index contributed by atoms with van der Waals surface area (Å²) in [4.78, 5) is 36.6. The number of carbonyl (C=O) groups excluding carboxylic acids is 3. The van der Waals surface area contributed by atoms with Crippen LogP contribution in [0.1, 0.15) is 42.1 Å². The normalized spacial score (nSPS) is 14.5. The molecule has 4 nitrogen and oxygen atoms in total. The van der Waals surface area contributed by atoms with Crippen molar-refractivity contribution in [1.29, 1.82) is 0 Å². The van der Waals surface area contributed by atoms with Crippen LogP contribution < -0.4 is 0 Å². The fourth-order valence-corrected chi connectivity index (χ4v) is 2.24. The molecule has 0 saturated carbocycles. The molecule has 1 aromatic rings. The predicted molar refractivity (Wildman–Crippen MR) is 70.7 cm³/mol. The van der Waals surface area contributed by atoms with Crippen LogP contribution in [0.2, 0.25) is 0 Å². The summed E-state index contributed by atoms with van der Waals surface area (Å²) in [6.45, 7) is 2.15. The maximum absolute atomic E-state index is 12.2. The highest BCUT2D eigenvalue weighted by Gasteiger charge is 2.29. The van der Waals surface area contributed by atoms with Crippen molar-refractivity contribution in [3.63, 3.8) is 0 Å². The molecule has 0 fully saturated rings. The average molecular weight is 259 g/mol. The number of Topliss-reactive ketones (excluding diaryl/α,β-unsaturated/α-hetero) is 1. The quantitative estimate of drug-likeness (QED) is 0.760. The summed E-state index contributed by atoms with van der Waals surface area (Å²) in [6, 6.07) is 7.18. The van der Waals surface area contributed by atoms with Gasteiger partial charge in [-0.05, 0) is 18.1 Å². The molecule has 0 radical (unpaired) electrons. The van der Waals surface area contributed by atoms with E-state index in [1.807, 2.05) is 19.1 Å². The van der Waals surface area contributed by atoms with E-state index >= 15 is 0 Å². The van der Waals surface area contributed by atoms with Crippen LogP contribution in [0.4, 0.5) is 0 Å². The molecule has 0 atom stereocenters. The Morgan fingerprint density at radius 2 is 2.00 bits per heavy atom. The number of benzene rings is 1. The van der Waals surface area contributed by atoms with Gasteiger partial charge in [-0.3, -0.25) is 19.3 Å². The van der Waals surface area contributed by atoms with Gasteiger partial charge in [0.2, 0.25) is 5.91 Å². The maximum Gasteiger partial charge on any atom is 0.260 e. The molecule has 2 rings (SSSR count). The van der Waals surface area contributed by atoms with E-state index in [1.54, 1.807) is 12.1 Å². The van der Waals surface area contributed by atoms with E-state index in [9.17, 15) is 14.4 Å². The van der Waals surface area contributed by atoms with Crippen LogP contribution in [0.15, 0.2) is 24.3 Å². The molecule has 1 aliphatic heterocycles. The highest BCUT2D eigenvalue weighted by atomic mass is 16.2. The summed E-state index contributed by atoms with van der Waals surface area (Å²) in [7, 11) is 0. The third kappa shape index (κ3) is 2.89. The number of fused-ring (bicyclic) bond motifs is 1. The zero-order valence-electron chi connectivity index (χ0n) is 11.0. The summed E-state index contributed by atoms with van der Waals surface area (Å²) in [6.07, 6.45) is 1.75. The molecule has 1 heterocycles. The molecule has 1 aromatic carbocycles. The van der Waals surface area contributed by atoms with E-state index in [4.69, 9.17) is 0 Å². The fourth-order valence-electron chi connectivity index (χ4n) is 2.24. The Kier molecular flexibility index (Phi) is 4.10. The lowest BCUT2D eigenvalue weighted by Gasteiger charge is -2.26. The second kappa shape index (κ2) is 5.78. The van der Waals surface area contributed by atoms with Crippen molar-refractivity contribution in [1.82, 2.24) is 4.90 Å². The standard InChI is InChI=1S/C15H17NO3/c1-2-12(17)7-5-9-16-14(18)10-11-6-3-4-8-13(11)15(16)19/h3-4,6,8H,2,5,7,9-10H2,1H3. The maximum atomic E-state index is 12.2. The Morgan fingerprint density at radius 3 is 2.74 bits per heavy atom. The van der Waals surface area contributed by atoms with Crippen LogP contribution in [-0.2, 0) is 16.0 Å². The van der Waals surface area contributed by atoms with Gasteiger partial charge in [-0.25, -0.2) is 0 Å². The largest absolute Gasteiger partial charge is 0.300 e. The first kappa shape index (κ1) is 13.5. The summed E-state index contributed by atoms with van der Waals surface area (Å²) >= 11 is 0. The molecule has 100 valence electrons. The van der Waals surface area contributed by atoms with Crippen molar-refractivity contribution in [3.8, 4) is 0 Å². The van der Waals surface area contributed by atoms with Gasteiger partial charge in [0.15, 0.2) is 0 Å². The fraction of sp³-hybridized carbons (Fsp3) is 0.400. The van der Waals surface area contributed by atoms with Crippen molar-refractivity contribution in [2.75, 3.05) is 6.54 Å². The number of nitrogens with zero attached hydrogens (tertiary/aromatic N) is 1. The van der Waals surface area contributed by atoms with E-state index in [1.165, 1.54) is 4.90 Å². The molecule has 19 heavy (non-hydrogen) atoms. The van der Waals surface area contributed by atoms with E-state index < -0.39 is 0 Å². The first-order valence-corrected chi connectivity index (χ1v) is 6.57. The molecule has 0 aromatic heterocycles. The molecular formula is C15H17NO3. The summed E-state index contributed by atoms with van der Waals surface area (Å²) in [5.74, 6) is -0.249. The minimum atomic E-state index is -0.240. The van der Waals surface area contributed by atoms with Crippen LogP contribution in [0, 0.1) is 0 Å². The van der Waals surface area contributed by atoms with Crippen molar-refractivity contribution >= 4 is 17.6 Å². The van der Waals surface area contributed by atoms with E-state index in [0.717, 1.165) is 5.56 Å². The Balaban J connectivity index is 2.05. The lowest BCUT2D eigenvalue weighted by atomic mass is 9.98. The zero-order valence-corrected chi connectivity index (χ0v) is 11.0. The van der Waals surface area contributed by atoms with Gasteiger partial charge in [-0.2, -0.15) is 0 Å². The van der Waals surface area contributed by atoms with Crippen LogP contribution in [-0.4, -0.2) is 29.0 Å². The second-order valence-electron chi connectivity index (χ2n) is 4.68. The summed E-state index contributed by atoms with van der Waals surface area (Å²) < 4.78 is 0. The third-order valence-corrected chi connectivity index (χ3v) is 3.37. The molecule has 2 amide bonds. The van der Waals surface area contributed by atoms with Crippen LogP contribution >= 0.6 is 0 Å². The highest BCUT2D eigenvalue weighted by Crippen LogP contribution is 2.19. The first-order valence-electron chi connectivity index (χ1n) is 6.57. The summed E-state index contributed by atoms with van der Waals surface area (Å²) in [5.41, 5.74) is 1.39. The lowest BCUT2D eigenvalue weighted by molar-refractivity contribution is -0.129. The van der Waals surface area contributed by atoms with Crippen LogP contribution in [0.25, 0.3) is 0 Å². The van der Waals surface area contributed by atoms with Gasteiger partial charge in [-0.1, -0.05) is 25.1 Å². The molecule has 0 N–H and O–H groups in total. The number of carbonyl (C=O) groups is 3. The number of rotatable bonds is 5. The molecule has 4 heteroatoms. The number of hydrogen-bond donors (Lipinski definition) is 0. The second-order valence-corrected chi connectivity index (χ2v) is 4.68. The van der Waals surface area contributed by atoms with Gasteiger partial charge >= 0.3 is 0 Å². The van der Waals surface area contributed by atoms with Gasteiger partial charge in [-0.15, -0.1) is 0 Å². The number of ketones is 1. The minimum Gasteiger partial charge on any atom is -0.300 e. The van der Waals surface area contributed by atoms with Crippen molar-refractivity contribution in [2.24, 2.45) is 0 Å². The average Bonchev–Trinajstić information content (AvgIpc) is 2.42. The smallest absolute Gasteiger partial charge is 0.260 e. The third-order valence-electron chi connectivity index (χ3n) is 3.37. The highest BCUT2D eigenvalue weighted by molar-refractivity contribution is 6.09. The van der Waals surface area contributed by atoms with E-state index in [2.05, 4.69) is 0 Å². The van der Waals surface area contributed by atoms with Gasteiger partial charge < -0.3 is 0 Å². The lowest BCUT2D eigenvalue weighted by Crippen LogP contribution is -2.42. The van der Waals surface area contributed by atoms with Gasteiger partial charge in [0.1, 0.15) is 5.78 Å². The van der Waals surface area contributed by atoms with Crippen LogP contribution in [0.5, 0.6) is 0 Å². The van der Waals surface area contributed by atoms with Gasteiger partial charge in [0.05, 0.1) is 6.42 Å². The SMILES string of the molecule is CCC(=O)CCCN1C(=O)Cc2ccccc2C1=O.